The monoisotopic (exact) mass is 1870 g/mol. The second-order valence-electron chi connectivity index (χ2n) is 34.4. The van der Waals surface area contributed by atoms with Crippen LogP contribution in [0.4, 0.5) is 0 Å². The van der Waals surface area contributed by atoms with Crippen LogP contribution >= 0.6 is 0 Å². The highest BCUT2D eigenvalue weighted by Crippen LogP contribution is 2.27. The Bertz CT molecular complexity index is 3900. The first kappa shape index (κ1) is 116. The zero-order valence-corrected chi connectivity index (χ0v) is 78.2. The van der Waals surface area contributed by atoms with Gasteiger partial charge in [-0.2, -0.15) is 0 Å². The van der Waals surface area contributed by atoms with Crippen molar-refractivity contribution in [2.45, 2.75) is 308 Å². The van der Waals surface area contributed by atoms with Crippen LogP contribution in [0.5, 0.6) is 0 Å². The third kappa shape index (κ3) is 43.4. The molecule has 2 saturated heterocycles. The van der Waals surface area contributed by atoms with E-state index in [4.69, 9.17) is 63.1 Å². The van der Waals surface area contributed by atoms with Gasteiger partial charge in [-0.1, -0.05) is 68.2 Å². The summed E-state index contributed by atoms with van der Waals surface area (Å²) >= 11 is 0. The highest BCUT2D eigenvalue weighted by atomic mass is 16.4. The Morgan fingerprint density at radius 3 is 1.20 bits per heavy atom. The first-order valence-corrected chi connectivity index (χ1v) is 45.6. The molecule has 16 atom stereocenters. The third-order valence-corrected chi connectivity index (χ3v) is 22.2. The molecule has 0 saturated carbocycles. The summed E-state index contributed by atoms with van der Waals surface area (Å²) in [7, 11) is 0. The smallest absolute Gasteiger partial charge is 0.326 e. The van der Waals surface area contributed by atoms with Crippen LogP contribution in [0, 0.1) is 23.7 Å². The van der Waals surface area contributed by atoms with E-state index in [1.165, 1.54) is 23.6 Å². The van der Waals surface area contributed by atoms with Crippen LogP contribution in [0.3, 0.4) is 0 Å². The van der Waals surface area contributed by atoms with Gasteiger partial charge in [0.2, 0.25) is 100 Å². The van der Waals surface area contributed by atoms with Crippen molar-refractivity contribution in [3.8, 4) is 0 Å². The van der Waals surface area contributed by atoms with E-state index in [2.05, 4.69) is 89.4 Å². The summed E-state index contributed by atoms with van der Waals surface area (Å²) in [4.78, 5) is 263. The summed E-state index contributed by atoms with van der Waals surface area (Å²) in [5.41, 5.74) is 62.1. The van der Waals surface area contributed by atoms with Gasteiger partial charge in [0, 0.05) is 39.1 Å². The summed E-state index contributed by atoms with van der Waals surface area (Å²) in [6, 6.07) is -19.3. The van der Waals surface area contributed by atoms with Gasteiger partial charge in [-0.3, -0.25) is 96.5 Å². The number of carboxylic acids is 1. The Hall–Kier alpha value is -11.9. The van der Waals surface area contributed by atoms with Crippen molar-refractivity contribution < 1.29 is 91.4 Å². The number of carbonyl (C=O) groups is 18. The largest absolute Gasteiger partial charge is 0.480 e. The molecule has 2 aliphatic rings. The Kier molecular flexibility index (Phi) is 54.3. The summed E-state index contributed by atoms with van der Waals surface area (Å²) in [5.74, 6) is -17.8. The fourth-order valence-corrected chi connectivity index (χ4v) is 14.5. The van der Waals surface area contributed by atoms with Crippen LogP contribution in [-0.2, 0) is 86.3 Å². The molecular weight excluding hydrogens is 1720 g/mol. The Labute approximate surface area is 771 Å². The number of carboxylic acid groups (broad SMARTS) is 1. The molecular formula is C83H152N30O19. The van der Waals surface area contributed by atoms with Gasteiger partial charge >= 0.3 is 5.97 Å². The molecule has 0 aromatic rings. The fourth-order valence-electron chi connectivity index (χ4n) is 14.5. The van der Waals surface area contributed by atoms with Crippen molar-refractivity contribution in [1.82, 2.24) is 84.2 Å². The predicted molar refractivity (Wildman–Crippen MR) is 491 cm³/mol. The van der Waals surface area contributed by atoms with E-state index in [-0.39, 0.29) is 147 Å². The lowest BCUT2D eigenvalue weighted by Crippen LogP contribution is -2.61. The lowest BCUT2D eigenvalue weighted by molar-refractivity contribution is -0.148. The standard InChI is InChI=1S/C83H152N30O19/c1-11-47(8)65(80(131)132)111-77(128)64(46(6)7)110-76(127)63(45(4)5)109-74(125)54(27-19-37-96-82(91)92)105-72(123)52(24-13-16-34-85)104-67(118)49(10)101-70(121)51(26-18-36-95-81(89)90)102-61(115)42-98-66(117)48(9)100-71(122)55(31-32-60(88)114)103-62(116)43-99-69(120)57(41-44(2)3)108-73(124)53(25-14-17-35-86)106-75(126)58-29-21-39-112(58)79(130)59-30-22-40-113(59)78(129)56(28-20-38-97-83(93)94)107-68(119)50(87)23-12-15-33-84/h44-59,63-65H,11-43,84-87H2,1-10H3,(H2,88,114)(H,98,117)(H,99,120)(H,100,122)(H,101,121)(H,102,115)(H,103,116)(H,104,118)(H,105,123)(H,106,126)(H,107,119)(H,108,124)(H,109,125)(H,110,127)(H,111,128)(H,131,132)(H4,89,90,95)(H4,91,92,96)(H4,93,94,97)/t47-,48-,49-,50-,51-,52-,53-,54-,55-,56-,57-,58-,59-,63-,64-,65-/m0/s1. The summed E-state index contributed by atoms with van der Waals surface area (Å²) in [6.45, 7) is 15.5. The van der Waals surface area contributed by atoms with Crippen LogP contribution in [0.15, 0.2) is 15.0 Å². The molecule has 132 heavy (non-hydrogen) atoms. The van der Waals surface area contributed by atoms with E-state index in [0.717, 1.165) is 0 Å². The molecule has 2 fully saturated rings. The van der Waals surface area contributed by atoms with Crippen molar-refractivity contribution in [3.63, 3.8) is 0 Å². The number of rotatable bonds is 64. The van der Waals surface area contributed by atoms with E-state index in [1.807, 2.05) is 0 Å². The molecule has 49 nitrogen and oxygen atoms in total. The molecule has 0 aromatic carbocycles. The number of guanidine groups is 3. The molecule has 0 spiro atoms. The normalized spacial score (nSPS) is 16.7. The number of likely N-dealkylation sites (tertiary alicyclic amines) is 2. The highest BCUT2D eigenvalue weighted by Gasteiger charge is 2.46. The number of nitrogens with one attached hydrogen (secondary N) is 14. The van der Waals surface area contributed by atoms with Gasteiger partial charge in [0.1, 0.15) is 84.6 Å². The zero-order valence-electron chi connectivity index (χ0n) is 78.2. The number of carbonyl (C=O) groups excluding carboxylic acids is 17. The van der Waals surface area contributed by atoms with Crippen molar-refractivity contribution in [1.29, 1.82) is 0 Å². The van der Waals surface area contributed by atoms with Crippen LogP contribution < -0.4 is 138 Å². The molecule has 748 valence electrons. The number of primary amides is 1. The van der Waals surface area contributed by atoms with Gasteiger partial charge in [-0.05, 0) is 186 Å². The SMILES string of the molecule is CC[C@H](C)[C@H](NC(=O)[C@@H](NC(=O)[C@@H](NC(=O)[C@H](CCCN=C(N)N)NC(=O)[C@H](CCCCN)NC(=O)[C@H](C)NC(=O)[C@H](CCCN=C(N)N)NC(=O)CNC(=O)[C@H](C)NC(=O)[C@H](CCC(N)=O)NC(=O)CNC(=O)[C@H](CC(C)C)NC(=O)[C@H](CCCCN)NC(=O)[C@@H]1CCCN1C(=O)[C@@H]1CCCN1C(=O)[C@H](CCCN=C(N)N)NC(=O)[C@@H](N)CCCCN)C(C)C)C(C)C)C(=O)O. The first-order chi connectivity index (χ1) is 62.2. The number of unbranched alkanes of at least 4 members (excludes halogenated alkanes) is 3. The maximum Gasteiger partial charge on any atom is 0.326 e. The molecule has 17 amide bonds. The number of nitrogens with zero attached hydrogens (tertiary/aromatic N) is 5. The number of aliphatic imine (C=N–C) groups is 3. The Balaban J connectivity index is 2.30. The molecule has 0 unspecified atom stereocenters. The fraction of sp³-hybridized carbons (Fsp3) is 0.747. The number of aliphatic carboxylic acids is 1. The Morgan fingerprint density at radius 1 is 0.379 bits per heavy atom. The molecule has 2 heterocycles. The Morgan fingerprint density at radius 2 is 0.750 bits per heavy atom. The highest BCUT2D eigenvalue weighted by molar-refractivity contribution is 6.01. The predicted octanol–water partition coefficient (Wildman–Crippen LogP) is -8.31. The van der Waals surface area contributed by atoms with Crippen molar-refractivity contribution in [2.75, 3.05) is 65.4 Å². The minimum atomic E-state index is -1.58. The van der Waals surface area contributed by atoms with E-state index in [1.54, 1.807) is 55.4 Å². The number of hydrogen-bond acceptors (Lipinski definition) is 25. The second kappa shape index (κ2) is 61.7. The molecule has 0 aliphatic carbocycles. The van der Waals surface area contributed by atoms with Gasteiger partial charge < -0.3 is 152 Å². The zero-order chi connectivity index (χ0) is 99.6. The van der Waals surface area contributed by atoms with Gasteiger partial charge in [-0.15, -0.1) is 0 Å². The molecule has 49 heteroatoms. The van der Waals surface area contributed by atoms with Gasteiger partial charge in [0.25, 0.3) is 0 Å². The summed E-state index contributed by atoms with van der Waals surface area (Å²) in [6.07, 6.45) is 4.08. The molecule has 2 aliphatic heterocycles. The van der Waals surface area contributed by atoms with Crippen molar-refractivity contribution >= 4 is 124 Å². The molecule has 37 N–H and O–H groups in total. The average Bonchev–Trinajstić information content (AvgIpc) is 1.62. The number of nitrogens with two attached hydrogens (primary N) is 11. The van der Waals surface area contributed by atoms with Crippen molar-refractivity contribution in [3.05, 3.63) is 0 Å². The van der Waals surface area contributed by atoms with Crippen molar-refractivity contribution in [2.24, 2.45) is 102 Å². The first-order valence-electron chi connectivity index (χ1n) is 45.6. The minimum absolute atomic E-state index is 0.00224. The average molecular weight is 1870 g/mol. The second-order valence-corrected chi connectivity index (χ2v) is 34.4. The van der Waals surface area contributed by atoms with Crippen LogP contribution in [0.2, 0.25) is 0 Å². The summed E-state index contributed by atoms with van der Waals surface area (Å²) < 4.78 is 0. The number of hydrogen-bond donors (Lipinski definition) is 26. The lowest BCUT2D eigenvalue weighted by Gasteiger charge is -2.33. The quantitative estimate of drug-likeness (QED) is 0.0153. The summed E-state index contributed by atoms with van der Waals surface area (Å²) in [5, 5.41) is 45.8. The van der Waals surface area contributed by atoms with Crippen LogP contribution in [0.1, 0.15) is 217 Å². The van der Waals surface area contributed by atoms with Gasteiger partial charge in [0.05, 0.1) is 19.1 Å². The maximum absolute atomic E-state index is 14.6. The van der Waals surface area contributed by atoms with Crippen LogP contribution in [-0.4, -0.2) is 295 Å². The van der Waals surface area contributed by atoms with E-state index in [0.29, 0.717) is 64.3 Å². The molecule has 0 radical (unpaired) electrons. The van der Waals surface area contributed by atoms with E-state index < -0.39 is 241 Å². The maximum atomic E-state index is 14.6. The van der Waals surface area contributed by atoms with Gasteiger partial charge in [0.15, 0.2) is 17.9 Å². The lowest BCUT2D eigenvalue weighted by atomic mass is 9.96. The van der Waals surface area contributed by atoms with Crippen LogP contribution in [0.25, 0.3) is 0 Å². The van der Waals surface area contributed by atoms with E-state index in [9.17, 15) is 91.4 Å². The topological polar surface area (TPSA) is 826 Å². The number of amides is 17. The third-order valence-electron chi connectivity index (χ3n) is 22.2. The minimum Gasteiger partial charge on any atom is -0.480 e. The van der Waals surface area contributed by atoms with E-state index >= 15 is 0 Å². The van der Waals surface area contributed by atoms with Gasteiger partial charge in [-0.25, -0.2) is 4.79 Å². The molecule has 0 aromatic heterocycles. The molecule has 2 rings (SSSR count). The molecule has 0 bridgehead atoms.